The highest BCUT2D eigenvalue weighted by Crippen LogP contribution is 2.71. The SMILES string of the molecule is CCC1(C(=O)O)C(c2ccccc2)C1c1ccnnc1. The molecule has 0 aliphatic heterocycles. The number of carboxylic acids is 1. The van der Waals surface area contributed by atoms with Crippen LogP contribution in [0.15, 0.2) is 48.8 Å². The van der Waals surface area contributed by atoms with Crippen molar-refractivity contribution < 1.29 is 9.90 Å². The lowest BCUT2D eigenvalue weighted by Gasteiger charge is -2.09. The van der Waals surface area contributed by atoms with E-state index in [2.05, 4.69) is 10.2 Å². The van der Waals surface area contributed by atoms with Crippen molar-refractivity contribution in [3.63, 3.8) is 0 Å². The van der Waals surface area contributed by atoms with Gasteiger partial charge in [-0.1, -0.05) is 37.3 Å². The van der Waals surface area contributed by atoms with Crippen molar-refractivity contribution in [3.05, 3.63) is 59.9 Å². The fourth-order valence-electron chi connectivity index (χ4n) is 3.42. The van der Waals surface area contributed by atoms with E-state index in [-0.39, 0.29) is 11.8 Å². The molecular weight excluding hydrogens is 252 g/mol. The van der Waals surface area contributed by atoms with Crippen molar-refractivity contribution in [1.82, 2.24) is 10.2 Å². The summed E-state index contributed by atoms with van der Waals surface area (Å²) in [6.07, 6.45) is 3.91. The summed E-state index contributed by atoms with van der Waals surface area (Å²) < 4.78 is 0. The second-order valence-electron chi connectivity index (χ2n) is 5.24. The van der Waals surface area contributed by atoms with E-state index in [1.54, 1.807) is 12.4 Å². The first-order valence-corrected chi connectivity index (χ1v) is 6.76. The number of rotatable bonds is 4. The zero-order valence-corrected chi connectivity index (χ0v) is 11.2. The molecule has 1 fully saturated rings. The molecule has 1 saturated carbocycles. The van der Waals surface area contributed by atoms with Gasteiger partial charge in [0.1, 0.15) is 0 Å². The number of nitrogens with zero attached hydrogens (tertiary/aromatic N) is 2. The van der Waals surface area contributed by atoms with Crippen LogP contribution in [0.25, 0.3) is 0 Å². The van der Waals surface area contributed by atoms with Crippen LogP contribution >= 0.6 is 0 Å². The molecule has 3 rings (SSSR count). The first kappa shape index (κ1) is 12.8. The lowest BCUT2D eigenvalue weighted by Crippen LogP contribution is -2.17. The Bertz CT molecular complexity index is 567. The molecule has 1 aromatic heterocycles. The number of benzene rings is 1. The monoisotopic (exact) mass is 268 g/mol. The largest absolute Gasteiger partial charge is 0.481 e. The molecule has 1 heterocycles. The van der Waals surface area contributed by atoms with Crippen LogP contribution < -0.4 is 0 Å². The summed E-state index contributed by atoms with van der Waals surface area (Å²) in [6.45, 7) is 1.94. The predicted octanol–water partition coefficient (Wildman–Crippen LogP) is 2.84. The number of carbonyl (C=O) groups is 1. The van der Waals surface area contributed by atoms with Gasteiger partial charge in [0.25, 0.3) is 0 Å². The quantitative estimate of drug-likeness (QED) is 0.926. The molecule has 3 unspecified atom stereocenters. The summed E-state index contributed by atoms with van der Waals surface area (Å²) in [5, 5.41) is 17.4. The first-order valence-electron chi connectivity index (χ1n) is 6.76. The third-order valence-corrected chi connectivity index (χ3v) is 4.44. The van der Waals surface area contributed by atoms with Crippen LogP contribution in [-0.2, 0) is 4.79 Å². The lowest BCUT2D eigenvalue weighted by molar-refractivity contribution is -0.143. The van der Waals surface area contributed by atoms with Gasteiger partial charge in [0.15, 0.2) is 0 Å². The van der Waals surface area contributed by atoms with Crippen molar-refractivity contribution in [2.24, 2.45) is 5.41 Å². The average Bonchev–Trinajstić information content (AvgIpc) is 3.19. The van der Waals surface area contributed by atoms with Crippen molar-refractivity contribution in [1.29, 1.82) is 0 Å². The standard InChI is InChI=1S/C16H16N2O2/c1-2-16(15(19)20)13(11-6-4-3-5-7-11)14(16)12-8-9-17-18-10-12/h3-10,13-14H,2H2,1H3,(H,19,20). The molecular formula is C16H16N2O2. The van der Waals surface area contributed by atoms with Crippen LogP contribution in [0.3, 0.4) is 0 Å². The fourth-order valence-corrected chi connectivity index (χ4v) is 3.42. The molecule has 4 heteroatoms. The summed E-state index contributed by atoms with van der Waals surface area (Å²) in [4.78, 5) is 11.8. The number of aliphatic carboxylic acids is 1. The maximum absolute atomic E-state index is 11.8. The van der Waals surface area contributed by atoms with E-state index < -0.39 is 11.4 Å². The molecule has 3 atom stereocenters. The van der Waals surface area contributed by atoms with Crippen LogP contribution in [0.1, 0.15) is 36.3 Å². The molecule has 102 valence electrons. The Balaban J connectivity index is 2.06. The highest BCUT2D eigenvalue weighted by atomic mass is 16.4. The van der Waals surface area contributed by atoms with Crippen molar-refractivity contribution >= 4 is 5.97 Å². The number of hydrogen-bond acceptors (Lipinski definition) is 3. The second-order valence-corrected chi connectivity index (χ2v) is 5.24. The van der Waals surface area contributed by atoms with Gasteiger partial charge in [0.2, 0.25) is 0 Å². The van der Waals surface area contributed by atoms with Gasteiger partial charge in [-0.3, -0.25) is 4.79 Å². The molecule has 1 N–H and O–H groups in total. The van der Waals surface area contributed by atoms with E-state index in [0.29, 0.717) is 6.42 Å². The highest BCUT2D eigenvalue weighted by molar-refractivity contribution is 5.83. The minimum absolute atomic E-state index is 0.00963. The van der Waals surface area contributed by atoms with Crippen LogP contribution in [0.2, 0.25) is 0 Å². The molecule has 1 aliphatic carbocycles. The van der Waals surface area contributed by atoms with Gasteiger partial charge in [-0.25, -0.2) is 0 Å². The zero-order valence-electron chi connectivity index (χ0n) is 11.2. The Hall–Kier alpha value is -2.23. The Morgan fingerprint density at radius 1 is 1.15 bits per heavy atom. The first-order chi connectivity index (χ1) is 9.71. The van der Waals surface area contributed by atoms with E-state index in [9.17, 15) is 9.90 Å². The molecule has 2 aromatic rings. The van der Waals surface area contributed by atoms with Gasteiger partial charge < -0.3 is 5.11 Å². The van der Waals surface area contributed by atoms with Gasteiger partial charge in [-0.05, 0) is 23.6 Å². The average molecular weight is 268 g/mol. The van der Waals surface area contributed by atoms with Crippen LogP contribution in [-0.4, -0.2) is 21.3 Å². The third-order valence-electron chi connectivity index (χ3n) is 4.44. The minimum atomic E-state index is -0.726. The van der Waals surface area contributed by atoms with Crippen molar-refractivity contribution in [2.75, 3.05) is 0 Å². The van der Waals surface area contributed by atoms with Gasteiger partial charge in [0.05, 0.1) is 11.6 Å². The highest BCUT2D eigenvalue weighted by Gasteiger charge is 2.69. The van der Waals surface area contributed by atoms with Crippen LogP contribution in [0.4, 0.5) is 0 Å². The number of hydrogen-bond donors (Lipinski definition) is 1. The molecule has 0 saturated heterocycles. The van der Waals surface area contributed by atoms with Crippen molar-refractivity contribution in [2.45, 2.75) is 25.2 Å². The second kappa shape index (κ2) is 4.71. The fraction of sp³-hybridized carbons (Fsp3) is 0.312. The molecule has 0 radical (unpaired) electrons. The topological polar surface area (TPSA) is 63.1 Å². The van der Waals surface area contributed by atoms with E-state index in [0.717, 1.165) is 11.1 Å². The Morgan fingerprint density at radius 2 is 1.85 bits per heavy atom. The summed E-state index contributed by atoms with van der Waals surface area (Å²) in [7, 11) is 0. The summed E-state index contributed by atoms with van der Waals surface area (Å²) in [6, 6.07) is 11.7. The third kappa shape index (κ3) is 1.72. The van der Waals surface area contributed by atoms with Gasteiger partial charge >= 0.3 is 5.97 Å². The normalized spacial score (nSPS) is 28.1. The summed E-state index contributed by atoms with van der Waals surface area (Å²) in [5.74, 6) is -0.742. The van der Waals surface area contributed by atoms with Gasteiger partial charge in [0, 0.05) is 18.0 Å². The number of aromatic nitrogens is 2. The van der Waals surface area contributed by atoms with E-state index in [4.69, 9.17) is 0 Å². The van der Waals surface area contributed by atoms with E-state index in [1.165, 1.54) is 0 Å². The van der Waals surface area contributed by atoms with Gasteiger partial charge in [-0.15, -0.1) is 0 Å². The van der Waals surface area contributed by atoms with Crippen molar-refractivity contribution in [3.8, 4) is 0 Å². The van der Waals surface area contributed by atoms with Crippen LogP contribution in [0.5, 0.6) is 0 Å². The van der Waals surface area contributed by atoms with E-state index >= 15 is 0 Å². The Labute approximate surface area is 117 Å². The molecule has 1 aliphatic rings. The Morgan fingerprint density at radius 3 is 2.40 bits per heavy atom. The molecule has 4 nitrogen and oxygen atoms in total. The lowest BCUT2D eigenvalue weighted by atomic mass is 9.95. The van der Waals surface area contributed by atoms with Crippen LogP contribution in [0, 0.1) is 5.41 Å². The molecule has 0 bridgehead atoms. The number of carboxylic acid groups (broad SMARTS) is 1. The van der Waals surface area contributed by atoms with E-state index in [1.807, 2.05) is 43.3 Å². The predicted molar refractivity (Wildman–Crippen MR) is 74.3 cm³/mol. The smallest absolute Gasteiger partial charge is 0.310 e. The molecule has 0 spiro atoms. The maximum atomic E-state index is 11.8. The molecule has 20 heavy (non-hydrogen) atoms. The summed E-state index contributed by atoms with van der Waals surface area (Å²) >= 11 is 0. The molecule has 1 aromatic carbocycles. The summed E-state index contributed by atoms with van der Waals surface area (Å²) in [5.41, 5.74) is 1.32. The van der Waals surface area contributed by atoms with Gasteiger partial charge in [-0.2, -0.15) is 10.2 Å². The molecule has 0 amide bonds. The zero-order chi connectivity index (χ0) is 14.2. The minimum Gasteiger partial charge on any atom is -0.481 e. The maximum Gasteiger partial charge on any atom is 0.310 e. The Kier molecular flexibility index (Phi) is 3.01.